The molecule has 8 heavy (non-hydrogen) atoms. The summed E-state index contributed by atoms with van der Waals surface area (Å²) < 4.78 is 4.02. The number of hydrogen-bond acceptors (Lipinski definition) is 4. The van der Waals surface area contributed by atoms with Crippen molar-refractivity contribution in [3.63, 3.8) is 0 Å². The average molecular weight is 119 g/mol. The number of carbonyl (C=O) groups excluding carboxylic acids is 1. The Morgan fingerprint density at radius 3 is 2.75 bits per heavy atom. The van der Waals surface area contributed by atoms with E-state index >= 15 is 0 Å². The van der Waals surface area contributed by atoms with Crippen molar-refractivity contribution in [3.05, 3.63) is 10.1 Å². The zero-order valence-corrected chi connectivity index (χ0v) is 4.07. The molecule has 0 aromatic carbocycles. The van der Waals surface area contributed by atoms with Crippen molar-refractivity contribution >= 4 is 6.47 Å². The molecular formula is C3H5NO4. The molecular weight excluding hydrogens is 114 g/mol. The fraction of sp³-hybridized carbons (Fsp3) is 0.667. The summed E-state index contributed by atoms with van der Waals surface area (Å²) in [5.41, 5.74) is 0. The molecule has 5 nitrogen and oxygen atoms in total. The van der Waals surface area contributed by atoms with Gasteiger partial charge in [-0.25, -0.2) is 0 Å². The third kappa shape index (κ3) is 4.87. The van der Waals surface area contributed by atoms with E-state index in [1.165, 1.54) is 0 Å². The van der Waals surface area contributed by atoms with Gasteiger partial charge in [-0.1, -0.05) is 0 Å². The van der Waals surface area contributed by atoms with Gasteiger partial charge >= 0.3 is 0 Å². The second kappa shape index (κ2) is 4.04. The molecule has 0 unspecified atom stereocenters. The molecule has 0 atom stereocenters. The Bertz CT molecular complexity index is 91.3. The van der Waals surface area contributed by atoms with Crippen LogP contribution in [0.2, 0.25) is 0 Å². The zero-order valence-electron chi connectivity index (χ0n) is 4.07. The van der Waals surface area contributed by atoms with Crippen LogP contribution in [0.4, 0.5) is 0 Å². The second-order valence-corrected chi connectivity index (χ2v) is 1.02. The van der Waals surface area contributed by atoms with Crippen LogP contribution in [0.1, 0.15) is 0 Å². The van der Waals surface area contributed by atoms with Gasteiger partial charge in [-0.15, -0.1) is 0 Å². The third-order valence-electron chi connectivity index (χ3n) is 0.460. The Kier molecular flexibility index (Phi) is 3.47. The highest BCUT2D eigenvalue weighted by Gasteiger charge is 1.92. The predicted octanol–water partition coefficient (Wildman–Crippen LogP) is -0.564. The first-order chi connectivity index (χ1) is 3.77. The fourth-order valence-electron chi connectivity index (χ4n) is 0.175. The normalized spacial score (nSPS) is 8.00. The first kappa shape index (κ1) is 6.87. The monoisotopic (exact) mass is 119 g/mol. The van der Waals surface area contributed by atoms with E-state index < -0.39 is 4.92 Å². The highest BCUT2D eigenvalue weighted by atomic mass is 16.6. The van der Waals surface area contributed by atoms with Crippen LogP contribution in [-0.2, 0) is 9.53 Å². The van der Waals surface area contributed by atoms with Gasteiger partial charge in [0.2, 0.25) is 6.54 Å². The highest BCUT2D eigenvalue weighted by Crippen LogP contribution is 1.68. The summed E-state index contributed by atoms with van der Waals surface area (Å²) in [5.74, 6) is 0. The van der Waals surface area contributed by atoms with Gasteiger partial charge in [0.15, 0.2) is 6.61 Å². The quantitative estimate of drug-likeness (QED) is 0.215. The number of rotatable bonds is 4. The topological polar surface area (TPSA) is 69.4 Å². The van der Waals surface area contributed by atoms with E-state index in [0.717, 1.165) is 0 Å². The van der Waals surface area contributed by atoms with Gasteiger partial charge in [0.05, 0.1) is 0 Å². The number of nitro groups is 1. The molecule has 0 aliphatic rings. The summed E-state index contributed by atoms with van der Waals surface area (Å²) >= 11 is 0. The van der Waals surface area contributed by atoms with E-state index in [9.17, 15) is 14.9 Å². The van der Waals surface area contributed by atoms with Gasteiger partial charge in [-0.2, -0.15) is 0 Å². The predicted molar refractivity (Wildman–Crippen MR) is 23.9 cm³/mol. The third-order valence-corrected chi connectivity index (χ3v) is 0.460. The van der Waals surface area contributed by atoms with Crippen molar-refractivity contribution in [1.29, 1.82) is 0 Å². The minimum atomic E-state index is -0.552. The van der Waals surface area contributed by atoms with Crippen LogP contribution in [-0.4, -0.2) is 24.5 Å². The van der Waals surface area contributed by atoms with E-state index in [4.69, 9.17) is 0 Å². The summed E-state index contributed by atoms with van der Waals surface area (Å²) in [4.78, 5) is 18.3. The Balaban J connectivity index is 2.93. The molecule has 46 valence electrons. The van der Waals surface area contributed by atoms with Gasteiger partial charge in [-0.3, -0.25) is 14.9 Å². The molecule has 0 saturated heterocycles. The fourth-order valence-corrected chi connectivity index (χ4v) is 0.175. The number of hydrogen-bond donors (Lipinski definition) is 0. The van der Waals surface area contributed by atoms with Crippen LogP contribution in [0, 0.1) is 10.1 Å². The van der Waals surface area contributed by atoms with E-state index in [-0.39, 0.29) is 19.6 Å². The minimum Gasteiger partial charge on any atom is -0.461 e. The summed E-state index contributed by atoms with van der Waals surface area (Å²) in [6.07, 6.45) is 0. The van der Waals surface area contributed by atoms with E-state index in [2.05, 4.69) is 4.74 Å². The molecule has 0 radical (unpaired) electrons. The largest absolute Gasteiger partial charge is 0.461 e. The molecule has 0 heterocycles. The minimum absolute atomic E-state index is 0.142. The highest BCUT2D eigenvalue weighted by molar-refractivity contribution is 5.36. The first-order valence-electron chi connectivity index (χ1n) is 1.94. The standard InChI is InChI=1S/C3H5NO4/c5-3-8-2-1-4(6)7/h3H,1-2H2. The number of carbonyl (C=O) groups is 1. The summed E-state index contributed by atoms with van der Waals surface area (Å²) in [6.45, 7) is -0.279. The van der Waals surface area contributed by atoms with Crippen LogP contribution in [0.3, 0.4) is 0 Å². The van der Waals surface area contributed by atoms with Gasteiger partial charge < -0.3 is 4.74 Å². The first-order valence-corrected chi connectivity index (χ1v) is 1.94. The number of nitrogens with zero attached hydrogens (tertiary/aromatic N) is 1. The maximum Gasteiger partial charge on any atom is 0.293 e. The zero-order chi connectivity index (χ0) is 6.41. The Labute approximate surface area is 45.4 Å². The Morgan fingerprint density at radius 1 is 1.75 bits per heavy atom. The molecule has 0 spiro atoms. The molecule has 0 saturated carbocycles. The molecule has 0 aliphatic heterocycles. The van der Waals surface area contributed by atoms with E-state index in [1.54, 1.807) is 0 Å². The van der Waals surface area contributed by atoms with Gasteiger partial charge in [0, 0.05) is 4.92 Å². The lowest BCUT2D eigenvalue weighted by Crippen LogP contribution is -2.07. The summed E-state index contributed by atoms with van der Waals surface area (Å²) in [6, 6.07) is 0. The van der Waals surface area contributed by atoms with Crippen LogP contribution in [0.15, 0.2) is 0 Å². The maximum absolute atomic E-state index is 9.48. The maximum atomic E-state index is 9.48. The van der Waals surface area contributed by atoms with Gasteiger partial charge in [-0.05, 0) is 0 Å². The van der Waals surface area contributed by atoms with Crippen LogP contribution in [0.5, 0.6) is 0 Å². The lowest BCUT2D eigenvalue weighted by atomic mass is 10.7. The molecule has 0 aliphatic carbocycles. The molecule has 0 N–H and O–H groups in total. The Hall–Kier alpha value is -1.13. The molecule has 0 aromatic heterocycles. The molecule has 0 rings (SSSR count). The van der Waals surface area contributed by atoms with Crippen molar-refractivity contribution in [3.8, 4) is 0 Å². The second-order valence-electron chi connectivity index (χ2n) is 1.02. The van der Waals surface area contributed by atoms with Crippen molar-refractivity contribution < 1.29 is 14.5 Å². The summed E-state index contributed by atoms with van der Waals surface area (Å²) in [5, 5.41) is 9.48. The van der Waals surface area contributed by atoms with Crippen molar-refractivity contribution in [2.24, 2.45) is 0 Å². The average Bonchev–Trinajstić information content (AvgIpc) is 1.66. The lowest BCUT2D eigenvalue weighted by Gasteiger charge is -1.88. The molecule has 0 aromatic rings. The smallest absolute Gasteiger partial charge is 0.293 e. The Morgan fingerprint density at radius 2 is 2.38 bits per heavy atom. The molecule has 0 bridgehead atoms. The van der Waals surface area contributed by atoms with Crippen LogP contribution >= 0.6 is 0 Å². The SMILES string of the molecule is O=COCC[N+](=O)[O-]. The number of ether oxygens (including phenoxy) is 1. The van der Waals surface area contributed by atoms with E-state index in [1.807, 2.05) is 0 Å². The van der Waals surface area contributed by atoms with Crippen molar-refractivity contribution in [2.75, 3.05) is 13.2 Å². The molecule has 0 fully saturated rings. The van der Waals surface area contributed by atoms with Gasteiger partial charge in [0.1, 0.15) is 0 Å². The van der Waals surface area contributed by atoms with E-state index in [0.29, 0.717) is 0 Å². The molecule has 5 heteroatoms. The van der Waals surface area contributed by atoms with Gasteiger partial charge in [0.25, 0.3) is 6.47 Å². The van der Waals surface area contributed by atoms with Crippen LogP contribution < -0.4 is 0 Å². The summed E-state index contributed by atoms with van der Waals surface area (Å²) in [7, 11) is 0. The van der Waals surface area contributed by atoms with Crippen molar-refractivity contribution in [1.82, 2.24) is 0 Å². The lowest BCUT2D eigenvalue weighted by molar-refractivity contribution is -0.482. The molecule has 0 amide bonds. The van der Waals surface area contributed by atoms with Crippen molar-refractivity contribution in [2.45, 2.75) is 0 Å². The van der Waals surface area contributed by atoms with Crippen LogP contribution in [0.25, 0.3) is 0 Å².